The number of rotatable bonds is 4. The summed E-state index contributed by atoms with van der Waals surface area (Å²) in [6.07, 6.45) is 3.50. The van der Waals surface area contributed by atoms with Crippen molar-refractivity contribution in [3.8, 4) is 0 Å². The van der Waals surface area contributed by atoms with E-state index in [0.29, 0.717) is 24.5 Å². The second-order valence-corrected chi connectivity index (χ2v) is 8.50. The van der Waals surface area contributed by atoms with Gasteiger partial charge in [0.15, 0.2) is 6.61 Å². The number of anilines is 1. The molecule has 2 aliphatic heterocycles. The number of benzene rings is 1. The van der Waals surface area contributed by atoms with Gasteiger partial charge in [0, 0.05) is 19.0 Å². The molecule has 1 amide bonds. The highest BCUT2D eigenvalue weighted by Gasteiger charge is 2.32. The van der Waals surface area contributed by atoms with E-state index in [1.165, 1.54) is 12.1 Å². The predicted octanol–water partition coefficient (Wildman–Crippen LogP) is 1.85. The lowest BCUT2D eigenvalue weighted by Crippen LogP contribution is -2.35. The van der Waals surface area contributed by atoms with Gasteiger partial charge in [-0.05, 0) is 44.9 Å². The van der Waals surface area contributed by atoms with Crippen molar-refractivity contribution in [2.24, 2.45) is 4.40 Å². The molecule has 0 unspecified atom stereocenters. The molecule has 1 aromatic carbocycles. The average Bonchev–Trinajstić information content (AvgIpc) is 2.83. The number of fused-ring (bicyclic) bond motifs is 3. The normalized spacial score (nSPS) is 18.0. The van der Waals surface area contributed by atoms with E-state index >= 15 is 0 Å². The standard InChI is InChI=1S/C18H23N3O5S/c1-12(2)19-17(22)11-26-18(23)13-7-8-14-15(10-13)27(24,25)20-16-6-4-3-5-9-21(14)16/h7-8,10,12H,3-6,9,11H2,1-2H3,(H,19,22). The summed E-state index contributed by atoms with van der Waals surface area (Å²) in [4.78, 5) is 25.7. The van der Waals surface area contributed by atoms with Crippen molar-refractivity contribution in [1.82, 2.24) is 5.32 Å². The lowest BCUT2D eigenvalue weighted by atomic mass is 10.2. The van der Waals surface area contributed by atoms with E-state index in [9.17, 15) is 18.0 Å². The molecular weight excluding hydrogens is 370 g/mol. The number of hydrogen-bond donors (Lipinski definition) is 1. The summed E-state index contributed by atoms with van der Waals surface area (Å²) in [7, 11) is -3.87. The monoisotopic (exact) mass is 393 g/mol. The molecule has 9 heteroatoms. The molecule has 1 N–H and O–H groups in total. The third-order valence-corrected chi connectivity index (χ3v) is 5.70. The minimum absolute atomic E-state index is 0.00534. The Labute approximate surface area is 158 Å². The molecule has 146 valence electrons. The lowest BCUT2D eigenvalue weighted by molar-refractivity contribution is -0.124. The van der Waals surface area contributed by atoms with Crippen molar-refractivity contribution in [3.63, 3.8) is 0 Å². The first-order valence-corrected chi connectivity index (χ1v) is 10.4. The second-order valence-electron chi connectivity index (χ2n) is 6.93. The van der Waals surface area contributed by atoms with Crippen LogP contribution in [-0.2, 0) is 19.6 Å². The van der Waals surface area contributed by atoms with Gasteiger partial charge < -0.3 is 15.0 Å². The molecule has 2 aliphatic rings. The first-order chi connectivity index (χ1) is 12.8. The number of esters is 1. The van der Waals surface area contributed by atoms with Crippen molar-refractivity contribution >= 4 is 33.4 Å². The summed E-state index contributed by atoms with van der Waals surface area (Å²) in [5.74, 6) is -0.610. The Morgan fingerprint density at radius 1 is 1.26 bits per heavy atom. The molecule has 0 aromatic heterocycles. The largest absolute Gasteiger partial charge is 0.452 e. The van der Waals surface area contributed by atoms with E-state index in [1.54, 1.807) is 19.9 Å². The maximum absolute atomic E-state index is 12.6. The van der Waals surface area contributed by atoms with Crippen LogP contribution in [0.25, 0.3) is 0 Å². The molecule has 1 fully saturated rings. The Morgan fingerprint density at radius 2 is 2.04 bits per heavy atom. The number of nitrogens with zero attached hydrogens (tertiary/aromatic N) is 2. The Balaban J connectivity index is 1.83. The maximum Gasteiger partial charge on any atom is 0.338 e. The highest BCUT2D eigenvalue weighted by molar-refractivity contribution is 7.90. The third kappa shape index (κ3) is 4.29. The quantitative estimate of drug-likeness (QED) is 0.783. The van der Waals surface area contributed by atoms with E-state index in [-0.39, 0.29) is 16.5 Å². The topological polar surface area (TPSA) is 105 Å². The van der Waals surface area contributed by atoms with Crippen LogP contribution in [0.1, 0.15) is 49.9 Å². The van der Waals surface area contributed by atoms with Crippen molar-refractivity contribution < 1.29 is 22.7 Å². The lowest BCUT2D eigenvalue weighted by Gasteiger charge is -2.29. The SMILES string of the molecule is CC(C)NC(=O)COC(=O)c1ccc2c(c1)S(=O)(=O)N=C1CCCCCN12. The minimum Gasteiger partial charge on any atom is -0.452 e. The summed E-state index contributed by atoms with van der Waals surface area (Å²) in [6.45, 7) is 3.87. The van der Waals surface area contributed by atoms with Crippen LogP contribution in [0.3, 0.4) is 0 Å². The van der Waals surface area contributed by atoms with Crippen LogP contribution < -0.4 is 10.2 Å². The molecule has 3 rings (SSSR count). The first kappa shape index (κ1) is 19.3. The number of carbonyl (C=O) groups is 2. The fourth-order valence-corrected chi connectivity index (χ4v) is 4.47. The molecular formula is C18H23N3O5S. The molecule has 2 heterocycles. The van der Waals surface area contributed by atoms with Crippen molar-refractivity contribution in [2.75, 3.05) is 18.1 Å². The zero-order chi connectivity index (χ0) is 19.6. The maximum atomic E-state index is 12.6. The Hall–Kier alpha value is -2.42. The van der Waals surface area contributed by atoms with Gasteiger partial charge in [-0.25, -0.2) is 4.79 Å². The molecule has 0 bridgehead atoms. The fourth-order valence-electron chi connectivity index (χ4n) is 3.18. The highest BCUT2D eigenvalue weighted by Crippen LogP contribution is 2.35. The predicted molar refractivity (Wildman–Crippen MR) is 100 cm³/mol. The number of carbonyl (C=O) groups excluding carboxylic acids is 2. The van der Waals surface area contributed by atoms with Crippen LogP contribution in [0.4, 0.5) is 5.69 Å². The highest BCUT2D eigenvalue weighted by atomic mass is 32.2. The van der Waals surface area contributed by atoms with E-state index in [0.717, 1.165) is 19.3 Å². The van der Waals surface area contributed by atoms with Gasteiger partial charge in [0.05, 0.1) is 11.3 Å². The summed E-state index contributed by atoms with van der Waals surface area (Å²) in [5.41, 5.74) is 0.610. The molecule has 8 nitrogen and oxygen atoms in total. The van der Waals surface area contributed by atoms with Gasteiger partial charge >= 0.3 is 5.97 Å². The molecule has 0 spiro atoms. The van der Waals surface area contributed by atoms with Crippen molar-refractivity contribution in [2.45, 2.75) is 50.5 Å². The number of nitrogens with one attached hydrogen (secondary N) is 1. The summed E-state index contributed by atoms with van der Waals surface area (Å²) in [5, 5.41) is 2.61. The molecule has 0 atom stereocenters. The first-order valence-electron chi connectivity index (χ1n) is 9.00. The second kappa shape index (κ2) is 7.67. The van der Waals surface area contributed by atoms with E-state index in [2.05, 4.69) is 9.71 Å². The van der Waals surface area contributed by atoms with Crippen LogP contribution in [0.2, 0.25) is 0 Å². The fraction of sp³-hybridized carbons (Fsp3) is 0.500. The number of amides is 1. The van der Waals surface area contributed by atoms with E-state index in [4.69, 9.17) is 4.74 Å². The van der Waals surface area contributed by atoms with Crippen molar-refractivity contribution in [1.29, 1.82) is 0 Å². The Morgan fingerprint density at radius 3 is 2.78 bits per heavy atom. The van der Waals surface area contributed by atoms with E-state index in [1.807, 2.05) is 4.90 Å². The minimum atomic E-state index is -3.87. The smallest absolute Gasteiger partial charge is 0.338 e. The summed E-state index contributed by atoms with van der Waals surface area (Å²) >= 11 is 0. The number of hydrogen-bond acceptors (Lipinski definition) is 6. The van der Waals surface area contributed by atoms with Gasteiger partial charge in [0.2, 0.25) is 0 Å². The van der Waals surface area contributed by atoms with Gasteiger partial charge in [-0.15, -0.1) is 4.40 Å². The van der Waals surface area contributed by atoms with Crippen LogP contribution in [0.5, 0.6) is 0 Å². The zero-order valence-corrected chi connectivity index (χ0v) is 16.2. The number of amidine groups is 1. The number of sulfonamides is 1. The Bertz CT molecular complexity index is 892. The van der Waals surface area contributed by atoms with Crippen LogP contribution in [0, 0.1) is 0 Å². The molecule has 0 aliphatic carbocycles. The molecule has 0 radical (unpaired) electrons. The van der Waals surface area contributed by atoms with Gasteiger partial charge in [-0.3, -0.25) is 4.79 Å². The van der Waals surface area contributed by atoms with Gasteiger partial charge in [0.25, 0.3) is 15.9 Å². The average molecular weight is 393 g/mol. The number of ether oxygens (including phenoxy) is 1. The molecule has 0 saturated carbocycles. The molecule has 1 saturated heterocycles. The van der Waals surface area contributed by atoms with Gasteiger partial charge in [-0.2, -0.15) is 8.42 Å². The zero-order valence-electron chi connectivity index (χ0n) is 15.4. The molecule has 1 aromatic rings. The summed E-state index contributed by atoms with van der Waals surface area (Å²) < 4.78 is 34.1. The van der Waals surface area contributed by atoms with E-state index < -0.39 is 28.5 Å². The van der Waals surface area contributed by atoms with Crippen LogP contribution in [0.15, 0.2) is 27.5 Å². The molecule has 27 heavy (non-hydrogen) atoms. The van der Waals surface area contributed by atoms with Crippen LogP contribution in [-0.4, -0.2) is 45.3 Å². The van der Waals surface area contributed by atoms with Crippen molar-refractivity contribution in [3.05, 3.63) is 23.8 Å². The summed E-state index contributed by atoms with van der Waals surface area (Å²) in [6, 6.07) is 4.34. The van der Waals surface area contributed by atoms with Gasteiger partial charge in [0.1, 0.15) is 10.7 Å². The van der Waals surface area contributed by atoms with Gasteiger partial charge in [-0.1, -0.05) is 6.42 Å². The third-order valence-electron chi connectivity index (χ3n) is 4.37. The Kier molecular flexibility index (Phi) is 5.50. The van der Waals surface area contributed by atoms with Crippen LogP contribution >= 0.6 is 0 Å².